The SMILES string of the molecule is CCCCCC(CCCC(CCCCCCCC(=O)OC)S(=O)(=O)CC)S(=O)(=O)CC. The van der Waals surface area contributed by atoms with Gasteiger partial charge in [-0.3, -0.25) is 4.79 Å². The van der Waals surface area contributed by atoms with Gasteiger partial charge in [0.2, 0.25) is 0 Å². The lowest BCUT2D eigenvalue weighted by molar-refractivity contribution is -0.140. The van der Waals surface area contributed by atoms with Crippen LogP contribution in [0.1, 0.15) is 111 Å². The van der Waals surface area contributed by atoms with Crippen LogP contribution in [-0.2, 0) is 29.2 Å². The summed E-state index contributed by atoms with van der Waals surface area (Å²) in [6.45, 7) is 5.48. The Labute approximate surface area is 191 Å². The van der Waals surface area contributed by atoms with Crippen molar-refractivity contribution < 1.29 is 26.4 Å². The number of hydrogen-bond acceptors (Lipinski definition) is 6. The van der Waals surface area contributed by atoms with Gasteiger partial charge in [-0.05, 0) is 32.1 Å². The zero-order chi connectivity index (χ0) is 23.8. The number of sulfone groups is 2. The fourth-order valence-electron chi connectivity index (χ4n) is 3.95. The van der Waals surface area contributed by atoms with Crippen LogP contribution < -0.4 is 0 Å². The maximum Gasteiger partial charge on any atom is 0.305 e. The Bertz CT molecular complexity index is 670. The highest BCUT2D eigenvalue weighted by atomic mass is 32.2. The van der Waals surface area contributed by atoms with E-state index in [2.05, 4.69) is 11.7 Å². The summed E-state index contributed by atoms with van der Waals surface area (Å²) >= 11 is 0. The van der Waals surface area contributed by atoms with Gasteiger partial charge in [-0.15, -0.1) is 0 Å². The van der Waals surface area contributed by atoms with Crippen LogP contribution in [0.25, 0.3) is 0 Å². The first kappa shape index (κ1) is 30.4. The van der Waals surface area contributed by atoms with E-state index in [1.807, 2.05) is 0 Å². The molecular weight excluding hydrogens is 436 g/mol. The second-order valence-electron chi connectivity index (χ2n) is 8.46. The molecule has 0 saturated heterocycles. The summed E-state index contributed by atoms with van der Waals surface area (Å²) in [4.78, 5) is 11.1. The van der Waals surface area contributed by atoms with Gasteiger partial charge in [-0.2, -0.15) is 0 Å². The van der Waals surface area contributed by atoms with Gasteiger partial charge in [0, 0.05) is 17.9 Å². The van der Waals surface area contributed by atoms with Gasteiger partial charge < -0.3 is 4.74 Å². The molecule has 0 aliphatic rings. The van der Waals surface area contributed by atoms with E-state index in [4.69, 9.17) is 0 Å². The molecule has 0 saturated carbocycles. The van der Waals surface area contributed by atoms with Gasteiger partial charge in [0.25, 0.3) is 0 Å². The minimum Gasteiger partial charge on any atom is -0.469 e. The fraction of sp³-hybridized carbons (Fsp3) is 0.957. The fourth-order valence-corrected chi connectivity index (χ4v) is 6.99. The topological polar surface area (TPSA) is 94.6 Å². The quantitative estimate of drug-likeness (QED) is 0.174. The summed E-state index contributed by atoms with van der Waals surface area (Å²) in [5, 5.41) is -0.725. The highest BCUT2D eigenvalue weighted by molar-refractivity contribution is 7.92. The van der Waals surface area contributed by atoms with Crippen LogP contribution >= 0.6 is 0 Å². The number of carbonyl (C=O) groups excluding carboxylic acids is 1. The zero-order valence-electron chi connectivity index (χ0n) is 20.2. The van der Waals surface area contributed by atoms with Crippen LogP contribution in [-0.4, -0.2) is 51.9 Å². The van der Waals surface area contributed by atoms with Crippen molar-refractivity contribution in [2.45, 2.75) is 121 Å². The van der Waals surface area contributed by atoms with Crippen molar-refractivity contribution in [1.29, 1.82) is 0 Å². The summed E-state index contributed by atoms with van der Waals surface area (Å²) in [5.74, 6) is 0.0904. The van der Waals surface area contributed by atoms with Crippen LogP contribution in [0.4, 0.5) is 0 Å². The molecule has 2 unspecified atom stereocenters. The number of unbranched alkanes of at least 4 members (excludes halogenated alkanes) is 6. The first-order chi connectivity index (χ1) is 14.6. The molecule has 0 heterocycles. The molecule has 0 spiro atoms. The Hall–Kier alpha value is -0.630. The molecule has 0 aromatic rings. The molecule has 8 heteroatoms. The van der Waals surface area contributed by atoms with E-state index in [1.54, 1.807) is 13.8 Å². The lowest BCUT2D eigenvalue weighted by atomic mass is 10.0. The summed E-state index contributed by atoms with van der Waals surface area (Å²) in [7, 11) is -4.85. The highest BCUT2D eigenvalue weighted by Crippen LogP contribution is 2.23. The van der Waals surface area contributed by atoms with E-state index in [9.17, 15) is 21.6 Å². The van der Waals surface area contributed by atoms with E-state index < -0.39 is 19.7 Å². The van der Waals surface area contributed by atoms with Crippen molar-refractivity contribution in [3.8, 4) is 0 Å². The predicted molar refractivity (Wildman–Crippen MR) is 129 cm³/mol. The molecule has 0 aromatic carbocycles. The van der Waals surface area contributed by atoms with E-state index in [0.717, 1.165) is 51.4 Å². The molecule has 0 aliphatic heterocycles. The van der Waals surface area contributed by atoms with Crippen LogP contribution in [0.5, 0.6) is 0 Å². The molecule has 0 fully saturated rings. The molecule has 31 heavy (non-hydrogen) atoms. The van der Waals surface area contributed by atoms with Crippen LogP contribution in [0, 0.1) is 0 Å². The molecule has 0 amide bonds. The standard InChI is InChI=1S/C23H46O6S2/c1-5-8-12-16-21(30(25,26)6-2)18-15-19-22(31(27,28)7-3)17-13-10-9-11-14-20-23(24)29-4/h21-22H,5-20H2,1-4H3. The van der Waals surface area contributed by atoms with Crippen molar-refractivity contribution >= 4 is 25.6 Å². The molecule has 0 aliphatic carbocycles. The van der Waals surface area contributed by atoms with Crippen molar-refractivity contribution in [3.63, 3.8) is 0 Å². The van der Waals surface area contributed by atoms with Crippen LogP contribution in [0.2, 0.25) is 0 Å². The molecule has 0 aromatic heterocycles. The molecule has 0 N–H and O–H groups in total. The average Bonchev–Trinajstić information content (AvgIpc) is 2.75. The second kappa shape index (κ2) is 16.9. The molecule has 0 bridgehead atoms. The van der Waals surface area contributed by atoms with Crippen molar-refractivity contribution in [1.82, 2.24) is 0 Å². The first-order valence-corrected chi connectivity index (χ1v) is 15.6. The van der Waals surface area contributed by atoms with Gasteiger partial charge >= 0.3 is 5.97 Å². The predicted octanol–water partition coefficient (Wildman–Crippen LogP) is 5.25. The molecule has 2 atom stereocenters. The Balaban J connectivity index is 4.58. The normalized spacial score (nSPS) is 14.3. The van der Waals surface area contributed by atoms with Gasteiger partial charge in [0.1, 0.15) is 0 Å². The number of ether oxygens (including phenoxy) is 1. The van der Waals surface area contributed by atoms with Crippen LogP contribution in [0.3, 0.4) is 0 Å². The van der Waals surface area contributed by atoms with E-state index in [1.165, 1.54) is 7.11 Å². The van der Waals surface area contributed by atoms with Gasteiger partial charge in [-0.1, -0.05) is 72.1 Å². The Morgan fingerprint density at radius 2 is 1.06 bits per heavy atom. The molecular formula is C23H46O6S2. The smallest absolute Gasteiger partial charge is 0.305 e. The maximum absolute atomic E-state index is 12.5. The maximum atomic E-state index is 12.5. The van der Waals surface area contributed by atoms with Gasteiger partial charge in [-0.25, -0.2) is 16.8 Å². The Morgan fingerprint density at radius 3 is 1.52 bits per heavy atom. The minimum absolute atomic E-state index is 0.129. The summed E-state index contributed by atoms with van der Waals surface area (Å²) in [6.07, 6.45) is 11.0. The van der Waals surface area contributed by atoms with Crippen molar-refractivity contribution in [3.05, 3.63) is 0 Å². The summed E-state index contributed by atoms with van der Waals surface area (Å²) < 4.78 is 54.6. The van der Waals surface area contributed by atoms with Crippen molar-refractivity contribution in [2.24, 2.45) is 0 Å². The largest absolute Gasteiger partial charge is 0.469 e. The molecule has 186 valence electrons. The molecule has 0 radical (unpaired) electrons. The number of carbonyl (C=O) groups is 1. The van der Waals surface area contributed by atoms with E-state index >= 15 is 0 Å². The number of rotatable bonds is 20. The number of hydrogen-bond donors (Lipinski definition) is 0. The lowest BCUT2D eigenvalue weighted by Crippen LogP contribution is -2.26. The Kier molecular flexibility index (Phi) is 16.6. The average molecular weight is 483 g/mol. The van der Waals surface area contributed by atoms with Crippen LogP contribution in [0.15, 0.2) is 0 Å². The summed E-state index contributed by atoms with van der Waals surface area (Å²) in [6, 6.07) is 0. The van der Waals surface area contributed by atoms with Gasteiger partial charge in [0.05, 0.1) is 17.6 Å². The number of methoxy groups -OCH3 is 1. The molecule has 0 rings (SSSR count). The molecule has 6 nitrogen and oxygen atoms in total. The third-order valence-electron chi connectivity index (χ3n) is 6.14. The second-order valence-corrected chi connectivity index (χ2v) is 13.6. The van der Waals surface area contributed by atoms with E-state index in [0.29, 0.717) is 38.5 Å². The van der Waals surface area contributed by atoms with Gasteiger partial charge in [0.15, 0.2) is 19.7 Å². The highest BCUT2D eigenvalue weighted by Gasteiger charge is 2.26. The van der Waals surface area contributed by atoms with Crippen molar-refractivity contribution in [2.75, 3.05) is 18.6 Å². The minimum atomic E-state index is -3.14. The first-order valence-electron chi connectivity index (χ1n) is 12.1. The lowest BCUT2D eigenvalue weighted by Gasteiger charge is -2.20. The number of esters is 1. The third-order valence-corrected chi connectivity index (χ3v) is 10.7. The Morgan fingerprint density at radius 1 is 0.645 bits per heavy atom. The third kappa shape index (κ3) is 13.5. The zero-order valence-corrected chi connectivity index (χ0v) is 21.9. The monoisotopic (exact) mass is 482 g/mol. The summed E-state index contributed by atoms with van der Waals surface area (Å²) in [5.41, 5.74) is 0. The van der Waals surface area contributed by atoms with E-state index in [-0.39, 0.29) is 28.0 Å².